The molecule has 0 spiro atoms. The molecule has 0 radical (unpaired) electrons. The fourth-order valence-corrected chi connectivity index (χ4v) is 3.13. The van der Waals surface area contributed by atoms with Crippen molar-refractivity contribution in [1.29, 1.82) is 0 Å². The number of carbonyl (C=O) groups excluding carboxylic acids is 3. The van der Waals surface area contributed by atoms with Crippen LogP contribution in [0.2, 0.25) is 5.02 Å². The molecule has 1 atom stereocenters. The van der Waals surface area contributed by atoms with Gasteiger partial charge in [-0.25, -0.2) is 9.78 Å². The van der Waals surface area contributed by atoms with Crippen molar-refractivity contribution in [2.75, 3.05) is 26.2 Å². The molecule has 1 aromatic rings. The van der Waals surface area contributed by atoms with Gasteiger partial charge in [0.1, 0.15) is 13.1 Å². The number of hydrogen-bond donors (Lipinski definition) is 0. The average Bonchev–Trinajstić information content (AvgIpc) is 2.51. The van der Waals surface area contributed by atoms with E-state index in [0.717, 1.165) is 0 Å². The third-order valence-electron chi connectivity index (χ3n) is 4.50. The van der Waals surface area contributed by atoms with Gasteiger partial charge in [-0.05, 0) is 12.1 Å². The highest BCUT2D eigenvalue weighted by atomic mass is 35.5. The zero-order valence-corrected chi connectivity index (χ0v) is 16.0. The number of rotatable bonds is 0. The van der Waals surface area contributed by atoms with E-state index in [1.165, 1.54) is 25.7 Å². The maximum absolute atomic E-state index is 13.0. The van der Waals surface area contributed by atoms with Gasteiger partial charge in [0.2, 0.25) is 11.8 Å². The van der Waals surface area contributed by atoms with E-state index >= 15 is 0 Å². The molecular weight excluding hydrogens is 360 g/mol. The molecule has 2 rings (SSSR count). The van der Waals surface area contributed by atoms with Crippen LogP contribution in [0.5, 0.6) is 0 Å². The van der Waals surface area contributed by atoms with Gasteiger partial charge in [0.05, 0.1) is 31.4 Å². The van der Waals surface area contributed by atoms with E-state index in [1.807, 2.05) is 0 Å². The second-order valence-corrected chi connectivity index (χ2v) is 6.94. The molecule has 0 N–H and O–H groups in total. The van der Waals surface area contributed by atoms with E-state index in [-0.39, 0.29) is 44.5 Å². The van der Waals surface area contributed by atoms with Crippen molar-refractivity contribution in [2.24, 2.45) is 0 Å². The van der Waals surface area contributed by atoms with Gasteiger partial charge in [0.15, 0.2) is 0 Å². The van der Waals surface area contributed by atoms with Crippen LogP contribution in [0, 0.1) is 5.21 Å². The molecule has 0 saturated carbocycles. The van der Waals surface area contributed by atoms with Crippen molar-refractivity contribution in [2.45, 2.75) is 33.9 Å². The Kier molecular flexibility index (Phi) is 6.33. The first-order valence-electron chi connectivity index (χ1n) is 8.36. The zero-order chi connectivity index (χ0) is 19.5. The molecule has 3 amide bonds. The Bertz CT molecular complexity index is 727. The lowest BCUT2D eigenvalue weighted by Gasteiger charge is -2.40. The summed E-state index contributed by atoms with van der Waals surface area (Å²) in [5.74, 6) is -0.911. The zero-order valence-electron chi connectivity index (χ0n) is 15.2. The highest BCUT2D eigenvalue weighted by molar-refractivity contribution is 6.30. The maximum Gasteiger partial charge on any atom is 0.310 e. The Labute approximate surface area is 157 Å². The van der Waals surface area contributed by atoms with Gasteiger partial charge in [-0.15, -0.1) is 0 Å². The van der Waals surface area contributed by atoms with Gasteiger partial charge >= 0.3 is 5.91 Å². The van der Waals surface area contributed by atoms with Gasteiger partial charge < -0.3 is 15.0 Å². The van der Waals surface area contributed by atoms with Crippen molar-refractivity contribution < 1.29 is 19.0 Å². The number of amides is 3. The summed E-state index contributed by atoms with van der Waals surface area (Å²) in [7, 11) is 0. The van der Waals surface area contributed by atoms with Gasteiger partial charge in [-0.2, -0.15) is 0 Å². The summed E-state index contributed by atoms with van der Waals surface area (Å²) in [6.07, 6.45) is 0. The van der Waals surface area contributed by atoms with Gasteiger partial charge in [-0.1, -0.05) is 11.6 Å². The molecule has 0 aliphatic carbocycles. The van der Waals surface area contributed by atoms with E-state index in [1.54, 1.807) is 17.0 Å². The minimum Gasteiger partial charge on any atom is -0.625 e. The third kappa shape index (κ3) is 5.00. The molecule has 26 heavy (non-hydrogen) atoms. The summed E-state index contributed by atoms with van der Waals surface area (Å²) in [5.41, 5.74) is 0.920. The normalized spacial score (nSPS) is 21.6. The Morgan fingerprint density at radius 2 is 1.62 bits per heavy atom. The minimum atomic E-state index is -1.12. The second kappa shape index (κ2) is 8.11. The topological polar surface area (TPSA) is 93.6 Å². The molecule has 0 saturated heterocycles. The molecule has 9 heteroatoms. The van der Waals surface area contributed by atoms with E-state index < -0.39 is 10.6 Å². The summed E-state index contributed by atoms with van der Waals surface area (Å²) in [6, 6.07) is 3.17. The number of hydrogen-bond acceptors (Lipinski definition) is 5. The quantitative estimate of drug-likeness (QED) is 0.498. The lowest BCUT2D eigenvalue weighted by atomic mass is 10.2. The molecule has 0 aromatic carbocycles. The van der Waals surface area contributed by atoms with Crippen molar-refractivity contribution >= 4 is 29.3 Å². The van der Waals surface area contributed by atoms with Gasteiger partial charge in [0.25, 0.3) is 0 Å². The van der Waals surface area contributed by atoms with Crippen LogP contribution in [-0.4, -0.2) is 63.3 Å². The summed E-state index contributed by atoms with van der Waals surface area (Å²) in [4.78, 5) is 43.3. The van der Waals surface area contributed by atoms with Crippen LogP contribution in [0.25, 0.3) is 0 Å². The lowest BCUT2D eigenvalue weighted by Crippen LogP contribution is -2.51. The SMILES string of the molecule is CC(=O)N1CCN(C(C)=O)Cc2cc(Cl)cc(n2)C[N+]([O-])(C(C)=O)CC1. The van der Waals surface area contributed by atoms with Gasteiger partial charge in [-0.3, -0.25) is 14.2 Å². The Morgan fingerprint density at radius 3 is 2.19 bits per heavy atom. The first-order chi connectivity index (χ1) is 12.1. The molecular formula is C17H23ClN4O4. The Morgan fingerprint density at radius 1 is 1.04 bits per heavy atom. The largest absolute Gasteiger partial charge is 0.625 e. The van der Waals surface area contributed by atoms with Crippen molar-refractivity contribution in [3.8, 4) is 0 Å². The van der Waals surface area contributed by atoms with Crippen molar-refractivity contribution in [3.05, 3.63) is 33.8 Å². The second-order valence-electron chi connectivity index (χ2n) is 6.50. The first kappa shape index (κ1) is 20.3. The smallest absolute Gasteiger partial charge is 0.310 e. The van der Waals surface area contributed by atoms with Crippen molar-refractivity contribution in [3.63, 3.8) is 0 Å². The fraction of sp³-hybridized carbons (Fsp3) is 0.529. The molecule has 1 aromatic heterocycles. The van der Waals surface area contributed by atoms with Crippen LogP contribution in [0.15, 0.2) is 12.1 Å². The summed E-state index contributed by atoms with van der Waals surface area (Å²) in [6.45, 7) is 4.75. The van der Waals surface area contributed by atoms with Crippen LogP contribution in [0.3, 0.4) is 0 Å². The van der Waals surface area contributed by atoms with E-state index in [4.69, 9.17) is 11.6 Å². The van der Waals surface area contributed by atoms with E-state index in [2.05, 4.69) is 4.98 Å². The molecule has 2 heterocycles. The van der Waals surface area contributed by atoms with Crippen LogP contribution in [-0.2, 0) is 27.5 Å². The Hall–Kier alpha value is -2.03. The predicted octanol–water partition coefficient (Wildman–Crippen LogP) is 1.31. The summed E-state index contributed by atoms with van der Waals surface area (Å²) in [5, 5.41) is 13.4. The molecule has 1 aliphatic rings. The summed E-state index contributed by atoms with van der Waals surface area (Å²) >= 11 is 6.13. The molecule has 1 unspecified atom stereocenters. The minimum absolute atomic E-state index is 0.0848. The molecule has 8 nitrogen and oxygen atoms in total. The monoisotopic (exact) mass is 382 g/mol. The number of carbonyl (C=O) groups is 3. The predicted molar refractivity (Wildman–Crippen MR) is 95.5 cm³/mol. The standard InChI is InChI=1S/C17H23ClN4O4/c1-12(23)20-4-5-21(13(2)24)10-16-8-15(18)9-17(19-16)11-22(26,7-6-20)14(3)25/h8-9H,4-7,10-11H2,1-3H3. The molecule has 142 valence electrons. The first-order valence-corrected chi connectivity index (χ1v) is 8.74. The van der Waals surface area contributed by atoms with Crippen LogP contribution < -0.4 is 0 Å². The highest BCUT2D eigenvalue weighted by Gasteiger charge is 2.27. The molecule has 2 bridgehead atoms. The number of aromatic nitrogens is 1. The molecule has 0 fully saturated rings. The number of quaternary nitrogens is 1. The van der Waals surface area contributed by atoms with E-state index in [0.29, 0.717) is 23.0 Å². The fourth-order valence-electron chi connectivity index (χ4n) is 2.87. The summed E-state index contributed by atoms with van der Waals surface area (Å²) < 4.78 is -1.12. The average molecular weight is 383 g/mol. The number of hydroxylamine groups is 3. The highest BCUT2D eigenvalue weighted by Crippen LogP contribution is 2.19. The van der Waals surface area contributed by atoms with Crippen LogP contribution in [0.1, 0.15) is 32.2 Å². The third-order valence-corrected chi connectivity index (χ3v) is 4.72. The van der Waals surface area contributed by atoms with Gasteiger partial charge in [0, 0.05) is 32.0 Å². The van der Waals surface area contributed by atoms with E-state index in [9.17, 15) is 19.6 Å². The number of fused-ring (bicyclic) bond motifs is 2. The Balaban J connectivity index is 2.44. The maximum atomic E-state index is 13.0. The number of nitrogens with zero attached hydrogens (tertiary/aromatic N) is 4. The number of pyridine rings is 1. The van der Waals surface area contributed by atoms with Crippen LogP contribution in [0.4, 0.5) is 0 Å². The lowest BCUT2D eigenvalue weighted by molar-refractivity contribution is -0.817. The van der Waals surface area contributed by atoms with Crippen LogP contribution >= 0.6 is 11.6 Å². The van der Waals surface area contributed by atoms with Crippen molar-refractivity contribution in [1.82, 2.24) is 14.8 Å². The molecule has 1 aliphatic heterocycles. The number of halogens is 1.